The van der Waals surface area contributed by atoms with Crippen LogP contribution in [0.15, 0.2) is 16.8 Å². The second-order valence-corrected chi connectivity index (χ2v) is 3.67. The van der Waals surface area contributed by atoms with Crippen molar-refractivity contribution in [2.75, 3.05) is 13.2 Å². The van der Waals surface area contributed by atoms with Gasteiger partial charge in [-0.15, -0.1) is 0 Å². The van der Waals surface area contributed by atoms with Gasteiger partial charge in [0.15, 0.2) is 0 Å². The summed E-state index contributed by atoms with van der Waals surface area (Å²) in [5, 5.41) is 3.62. The second-order valence-electron chi connectivity index (χ2n) is 2.89. The Morgan fingerprint density at radius 3 is 3.00 bits per heavy atom. The summed E-state index contributed by atoms with van der Waals surface area (Å²) >= 11 is 1.48. The van der Waals surface area contributed by atoms with Crippen LogP contribution in [-0.4, -0.2) is 25.3 Å². The molecule has 0 saturated heterocycles. The Bertz CT molecular complexity index is 269. The minimum atomic E-state index is -0.279. The van der Waals surface area contributed by atoms with E-state index in [1.807, 2.05) is 19.2 Å². The van der Waals surface area contributed by atoms with Crippen LogP contribution in [0.25, 0.3) is 0 Å². The molecule has 0 aromatic carbocycles. The van der Waals surface area contributed by atoms with Gasteiger partial charge in [-0.25, -0.2) is 4.79 Å². The van der Waals surface area contributed by atoms with E-state index in [0.29, 0.717) is 18.8 Å². The topological polar surface area (TPSA) is 35.5 Å². The highest BCUT2D eigenvalue weighted by atomic mass is 32.1. The fourth-order valence-electron chi connectivity index (χ4n) is 0.949. The van der Waals surface area contributed by atoms with Crippen LogP contribution in [0.3, 0.4) is 0 Å². The summed E-state index contributed by atoms with van der Waals surface area (Å²) in [6.07, 6.45) is -0.192. The number of hydrogen-bond acceptors (Lipinski definition) is 4. The van der Waals surface area contributed by atoms with Crippen molar-refractivity contribution in [2.45, 2.75) is 20.0 Å². The third kappa shape index (κ3) is 3.47. The Morgan fingerprint density at radius 1 is 1.64 bits per heavy atom. The molecule has 78 valence electrons. The van der Waals surface area contributed by atoms with E-state index in [9.17, 15) is 4.79 Å². The third-order valence-corrected chi connectivity index (χ3v) is 2.31. The van der Waals surface area contributed by atoms with E-state index in [0.717, 1.165) is 0 Å². The van der Waals surface area contributed by atoms with Crippen LogP contribution in [0, 0.1) is 0 Å². The van der Waals surface area contributed by atoms with Crippen LogP contribution in [0.2, 0.25) is 0 Å². The van der Waals surface area contributed by atoms with Crippen molar-refractivity contribution < 1.29 is 14.3 Å². The Hall–Kier alpha value is -0.870. The van der Waals surface area contributed by atoms with E-state index in [2.05, 4.69) is 0 Å². The first-order chi connectivity index (χ1) is 6.74. The van der Waals surface area contributed by atoms with Crippen LogP contribution in [-0.2, 0) is 9.47 Å². The Kier molecular flexibility index (Phi) is 4.62. The van der Waals surface area contributed by atoms with Gasteiger partial charge in [0.1, 0.15) is 6.10 Å². The zero-order chi connectivity index (χ0) is 10.4. The average Bonchev–Trinajstić information content (AvgIpc) is 2.67. The van der Waals surface area contributed by atoms with E-state index in [4.69, 9.17) is 9.47 Å². The van der Waals surface area contributed by atoms with Crippen LogP contribution < -0.4 is 0 Å². The highest BCUT2D eigenvalue weighted by Gasteiger charge is 2.11. The molecule has 0 unspecified atom stereocenters. The molecule has 3 nitrogen and oxygen atoms in total. The van der Waals surface area contributed by atoms with Crippen molar-refractivity contribution in [3.8, 4) is 0 Å². The Morgan fingerprint density at radius 2 is 2.43 bits per heavy atom. The van der Waals surface area contributed by atoms with Gasteiger partial charge in [0.05, 0.1) is 12.2 Å². The molecule has 0 fully saturated rings. The molecule has 1 aromatic rings. The zero-order valence-electron chi connectivity index (χ0n) is 8.36. The number of esters is 1. The first-order valence-corrected chi connectivity index (χ1v) is 5.49. The minimum absolute atomic E-state index is 0.192. The number of ether oxygens (including phenoxy) is 2. The van der Waals surface area contributed by atoms with Gasteiger partial charge < -0.3 is 9.47 Å². The quantitative estimate of drug-likeness (QED) is 0.706. The van der Waals surface area contributed by atoms with Crippen LogP contribution in [0.4, 0.5) is 0 Å². The zero-order valence-corrected chi connectivity index (χ0v) is 9.17. The normalized spacial score (nSPS) is 12.4. The van der Waals surface area contributed by atoms with Gasteiger partial charge in [0, 0.05) is 12.0 Å². The standard InChI is InChI=1S/C10H14O3S/c1-3-12-6-8(2)13-10(11)9-4-5-14-7-9/h4-5,7-8H,3,6H2,1-2H3/t8-/m1/s1. The molecule has 1 atom stereocenters. The molecule has 0 N–H and O–H groups in total. The summed E-state index contributed by atoms with van der Waals surface area (Å²) in [5.41, 5.74) is 0.610. The number of carbonyl (C=O) groups is 1. The molecule has 14 heavy (non-hydrogen) atoms. The SMILES string of the molecule is CCOC[C@@H](C)OC(=O)c1ccsc1. The van der Waals surface area contributed by atoms with Gasteiger partial charge in [0.2, 0.25) is 0 Å². The smallest absolute Gasteiger partial charge is 0.339 e. The van der Waals surface area contributed by atoms with Gasteiger partial charge in [-0.1, -0.05) is 0 Å². The first kappa shape index (κ1) is 11.2. The van der Waals surface area contributed by atoms with Gasteiger partial charge in [0.25, 0.3) is 0 Å². The lowest BCUT2D eigenvalue weighted by Crippen LogP contribution is -2.20. The van der Waals surface area contributed by atoms with E-state index >= 15 is 0 Å². The molecule has 1 aromatic heterocycles. The van der Waals surface area contributed by atoms with Gasteiger partial charge in [-0.3, -0.25) is 0 Å². The summed E-state index contributed by atoms with van der Waals surface area (Å²) in [4.78, 5) is 11.4. The maximum absolute atomic E-state index is 11.4. The molecule has 0 aliphatic carbocycles. The van der Waals surface area contributed by atoms with Crippen molar-refractivity contribution in [3.05, 3.63) is 22.4 Å². The number of carbonyl (C=O) groups excluding carboxylic acids is 1. The van der Waals surface area contributed by atoms with Gasteiger partial charge >= 0.3 is 5.97 Å². The Labute approximate surface area is 87.7 Å². The molecule has 1 rings (SSSR count). The fraction of sp³-hybridized carbons (Fsp3) is 0.500. The fourth-order valence-corrected chi connectivity index (χ4v) is 1.57. The average molecular weight is 214 g/mol. The summed E-state index contributed by atoms with van der Waals surface area (Å²) in [7, 11) is 0. The van der Waals surface area contributed by atoms with Crippen molar-refractivity contribution in [1.82, 2.24) is 0 Å². The predicted octanol–water partition coefficient (Wildman–Crippen LogP) is 2.33. The van der Waals surface area contributed by atoms with Gasteiger partial charge in [-0.05, 0) is 25.3 Å². The molecular formula is C10H14O3S. The third-order valence-electron chi connectivity index (χ3n) is 1.62. The second kappa shape index (κ2) is 5.78. The van der Waals surface area contributed by atoms with Crippen molar-refractivity contribution >= 4 is 17.3 Å². The molecule has 0 radical (unpaired) electrons. The molecule has 0 saturated carbocycles. The summed E-state index contributed by atoms with van der Waals surface area (Å²) in [6, 6.07) is 1.75. The summed E-state index contributed by atoms with van der Waals surface area (Å²) < 4.78 is 10.3. The maximum atomic E-state index is 11.4. The minimum Gasteiger partial charge on any atom is -0.457 e. The molecule has 0 aliphatic rings. The monoisotopic (exact) mass is 214 g/mol. The molecule has 1 heterocycles. The largest absolute Gasteiger partial charge is 0.457 e. The van der Waals surface area contributed by atoms with Crippen molar-refractivity contribution in [3.63, 3.8) is 0 Å². The number of rotatable bonds is 5. The molecule has 4 heteroatoms. The summed E-state index contributed by atoms with van der Waals surface area (Å²) in [6.45, 7) is 4.82. The molecule has 0 spiro atoms. The van der Waals surface area contributed by atoms with E-state index in [1.165, 1.54) is 11.3 Å². The lowest BCUT2D eigenvalue weighted by Gasteiger charge is -2.11. The number of thiophene rings is 1. The highest BCUT2D eigenvalue weighted by Crippen LogP contribution is 2.08. The maximum Gasteiger partial charge on any atom is 0.339 e. The predicted molar refractivity (Wildman–Crippen MR) is 55.7 cm³/mol. The molecule has 0 amide bonds. The van der Waals surface area contributed by atoms with Crippen LogP contribution in [0.5, 0.6) is 0 Å². The van der Waals surface area contributed by atoms with Crippen molar-refractivity contribution in [1.29, 1.82) is 0 Å². The summed E-state index contributed by atoms with van der Waals surface area (Å²) in [5.74, 6) is -0.279. The molecule has 0 aliphatic heterocycles. The van der Waals surface area contributed by atoms with Crippen LogP contribution in [0.1, 0.15) is 24.2 Å². The van der Waals surface area contributed by atoms with Crippen LogP contribution >= 0.6 is 11.3 Å². The number of hydrogen-bond donors (Lipinski definition) is 0. The molecule has 0 bridgehead atoms. The van der Waals surface area contributed by atoms with E-state index in [1.54, 1.807) is 11.4 Å². The van der Waals surface area contributed by atoms with E-state index < -0.39 is 0 Å². The van der Waals surface area contributed by atoms with Gasteiger partial charge in [-0.2, -0.15) is 11.3 Å². The highest BCUT2D eigenvalue weighted by molar-refractivity contribution is 7.08. The van der Waals surface area contributed by atoms with Crippen molar-refractivity contribution in [2.24, 2.45) is 0 Å². The Balaban J connectivity index is 2.34. The van der Waals surface area contributed by atoms with E-state index in [-0.39, 0.29) is 12.1 Å². The molecular weight excluding hydrogens is 200 g/mol. The lowest BCUT2D eigenvalue weighted by molar-refractivity contribution is 0.00444. The first-order valence-electron chi connectivity index (χ1n) is 4.55. The lowest BCUT2D eigenvalue weighted by atomic mass is 10.3.